The molecule has 1 amide bonds. The first kappa shape index (κ1) is 13.8. The van der Waals surface area contributed by atoms with Crippen LogP contribution in [0.5, 0.6) is 0 Å². The molecule has 0 N–H and O–H groups in total. The lowest BCUT2D eigenvalue weighted by molar-refractivity contribution is -0.135. The van der Waals surface area contributed by atoms with Crippen molar-refractivity contribution < 1.29 is 9.59 Å². The van der Waals surface area contributed by atoms with Gasteiger partial charge in [0.25, 0.3) is 5.91 Å². The average Bonchev–Trinajstić information content (AvgIpc) is 2.71. The van der Waals surface area contributed by atoms with Crippen molar-refractivity contribution in [1.82, 2.24) is 0 Å². The number of nitrogens with zero attached hydrogens (tertiary/aromatic N) is 1. The SMILES string of the molecule is CC(C)(C)c1ccc(N2C(=O)C(=O)C3CC=CC=C32)cc1. The van der Waals surface area contributed by atoms with E-state index in [1.165, 1.54) is 5.56 Å². The predicted octanol–water partition coefficient (Wildman–Crippen LogP) is 3.36. The van der Waals surface area contributed by atoms with E-state index in [-0.39, 0.29) is 17.1 Å². The number of allylic oxidation sites excluding steroid dienone is 4. The molecule has 2 aliphatic rings. The van der Waals surface area contributed by atoms with Crippen LogP contribution in [0.1, 0.15) is 32.8 Å². The van der Waals surface area contributed by atoms with Gasteiger partial charge in [0, 0.05) is 11.4 Å². The van der Waals surface area contributed by atoms with E-state index >= 15 is 0 Å². The van der Waals surface area contributed by atoms with Crippen LogP contribution in [0.2, 0.25) is 0 Å². The summed E-state index contributed by atoms with van der Waals surface area (Å²) in [7, 11) is 0. The smallest absolute Gasteiger partial charge is 0.288 e. The first-order chi connectivity index (χ1) is 9.89. The van der Waals surface area contributed by atoms with Crippen LogP contribution >= 0.6 is 0 Å². The fourth-order valence-electron chi connectivity index (χ4n) is 2.84. The molecule has 0 saturated carbocycles. The van der Waals surface area contributed by atoms with Gasteiger partial charge in [0.05, 0.1) is 5.92 Å². The first-order valence-corrected chi connectivity index (χ1v) is 7.25. The Labute approximate surface area is 125 Å². The van der Waals surface area contributed by atoms with Gasteiger partial charge in [-0.1, -0.05) is 45.1 Å². The lowest BCUT2D eigenvalue weighted by atomic mass is 9.87. The van der Waals surface area contributed by atoms with E-state index in [0.717, 1.165) is 11.4 Å². The zero-order valence-electron chi connectivity index (χ0n) is 12.6. The number of carbonyl (C=O) groups excluding carboxylic acids is 2. The summed E-state index contributed by atoms with van der Waals surface area (Å²) in [5.41, 5.74) is 2.85. The second-order valence-electron chi connectivity index (χ2n) is 6.61. The van der Waals surface area contributed by atoms with Crippen LogP contribution in [0, 0.1) is 5.92 Å². The second-order valence-corrected chi connectivity index (χ2v) is 6.61. The molecule has 1 aliphatic carbocycles. The molecule has 0 radical (unpaired) electrons. The Morgan fingerprint density at radius 1 is 1.10 bits per heavy atom. The van der Waals surface area contributed by atoms with Crippen molar-refractivity contribution in [3.63, 3.8) is 0 Å². The van der Waals surface area contributed by atoms with Crippen molar-refractivity contribution in [2.45, 2.75) is 32.6 Å². The number of ketones is 1. The fraction of sp³-hybridized carbons (Fsp3) is 0.333. The fourth-order valence-corrected chi connectivity index (χ4v) is 2.84. The van der Waals surface area contributed by atoms with Gasteiger partial charge < -0.3 is 0 Å². The monoisotopic (exact) mass is 281 g/mol. The number of amides is 1. The number of Topliss-reactive ketones (excluding diaryl/α,β-unsaturated/α-hetero) is 1. The average molecular weight is 281 g/mol. The molecule has 108 valence electrons. The molecule has 1 atom stereocenters. The number of hydrogen-bond acceptors (Lipinski definition) is 2. The van der Waals surface area contributed by atoms with E-state index < -0.39 is 5.91 Å². The molecule has 3 nitrogen and oxygen atoms in total. The molecule has 1 fully saturated rings. The number of rotatable bonds is 1. The quantitative estimate of drug-likeness (QED) is 0.740. The highest BCUT2D eigenvalue weighted by Gasteiger charge is 2.43. The molecule has 3 rings (SSSR count). The van der Waals surface area contributed by atoms with Gasteiger partial charge in [-0.05, 0) is 35.6 Å². The van der Waals surface area contributed by atoms with Crippen molar-refractivity contribution in [3.05, 3.63) is 53.8 Å². The molecule has 1 aromatic carbocycles. The maximum Gasteiger partial charge on any atom is 0.299 e. The number of benzene rings is 1. The molecule has 3 heteroatoms. The maximum absolute atomic E-state index is 12.3. The molecule has 0 bridgehead atoms. The molecule has 1 saturated heterocycles. The van der Waals surface area contributed by atoms with Gasteiger partial charge >= 0.3 is 0 Å². The molecule has 1 heterocycles. The minimum absolute atomic E-state index is 0.0682. The predicted molar refractivity (Wildman–Crippen MR) is 83.0 cm³/mol. The van der Waals surface area contributed by atoms with Crippen LogP contribution in [-0.4, -0.2) is 11.7 Å². The Morgan fingerprint density at radius 3 is 2.38 bits per heavy atom. The minimum atomic E-state index is -0.418. The topological polar surface area (TPSA) is 37.4 Å². The largest absolute Gasteiger partial charge is 0.299 e. The minimum Gasteiger partial charge on any atom is -0.288 e. The van der Waals surface area contributed by atoms with Gasteiger partial charge in [-0.15, -0.1) is 0 Å². The highest BCUT2D eigenvalue weighted by atomic mass is 16.2. The second kappa shape index (κ2) is 4.69. The third kappa shape index (κ3) is 2.23. The first-order valence-electron chi connectivity index (χ1n) is 7.25. The summed E-state index contributed by atoms with van der Waals surface area (Å²) in [6, 6.07) is 7.90. The molecule has 0 aromatic heterocycles. The molecular weight excluding hydrogens is 262 g/mol. The summed E-state index contributed by atoms with van der Waals surface area (Å²) < 4.78 is 0. The van der Waals surface area contributed by atoms with Crippen LogP contribution in [0.15, 0.2) is 48.2 Å². The van der Waals surface area contributed by atoms with Crippen LogP contribution in [0.4, 0.5) is 5.69 Å². The summed E-state index contributed by atoms with van der Waals surface area (Å²) in [5.74, 6) is -1.02. The van der Waals surface area contributed by atoms with E-state index in [1.807, 2.05) is 42.5 Å². The summed E-state index contributed by atoms with van der Waals surface area (Å²) in [5, 5.41) is 0. The highest BCUT2D eigenvalue weighted by Crippen LogP contribution is 2.36. The van der Waals surface area contributed by atoms with Crippen LogP contribution in [0.25, 0.3) is 0 Å². The third-order valence-corrected chi connectivity index (χ3v) is 4.11. The van der Waals surface area contributed by atoms with Crippen LogP contribution in [0.3, 0.4) is 0 Å². The van der Waals surface area contributed by atoms with Crippen LogP contribution in [-0.2, 0) is 15.0 Å². The van der Waals surface area contributed by atoms with E-state index in [1.54, 1.807) is 4.90 Å². The van der Waals surface area contributed by atoms with Gasteiger partial charge in [0.1, 0.15) is 0 Å². The molecule has 21 heavy (non-hydrogen) atoms. The van der Waals surface area contributed by atoms with Crippen molar-refractivity contribution in [1.29, 1.82) is 0 Å². The Kier molecular flexibility index (Phi) is 3.08. The third-order valence-electron chi connectivity index (χ3n) is 4.11. The molecule has 1 aromatic rings. The summed E-state index contributed by atoms with van der Waals surface area (Å²) in [6.45, 7) is 6.45. The zero-order chi connectivity index (χ0) is 15.2. The van der Waals surface area contributed by atoms with E-state index in [9.17, 15) is 9.59 Å². The van der Waals surface area contributed by atoms with Crippen molar-refractivity contribution in [3.8, 4) is 0 Å². The Morgan fingerprint density at radius 2 is 1.76 bits per heavy atom. The normalized spacial score (nSPS) is 21.6. The standard InChI is InChI=1S/C18H19NO2/c1-18(2,3)12-8-10-13(11-9-12)19-15-7-5-4-6-14(15)16(20)17(19)21/h4-5,7-11,14H,6H2,1-3H3. The lowest BCUT2D eigenvalue weighted by Gasteiger charge is -2.23. The molecule has 1 aliphatic heterocycles. The van der Waals surface area contributed by atoms with Gasteiger partial charge in [-0.2, -0.15) is 0 Å². The zero-order valence-corrected chi connectivity index (χ0v) is 12.6. The van der Waals surface area contributed by atoms with E-state index in [2.05, 4.69) is 20.8 Å². The van der Waals surface area contributed by atoms with E-state index in [4.69, 9.17) is 0 Å². The summed E-state index contributed by atoms with van der Waals surface area (Å²) in [6.07, 6.45) is 6.33. The molecule has 0 spiro atoms. The highest BCUT2D eigenvalue weighted by molar-refractivity contribution is 6.46. The number of fused-ring (bicyclic) bond motifs is 1. The molecular formula is C18H19NO2. The number of hydrogen-bond donors (Lipinski definition) is 0. The van der Waals surface area contributed by atoms with Gasteiger partial charge in [0.15, 0.2) is 0 Å². The number of carbonyl (C=O) groups is 2. The van der Waals surface area contributed by atoms with Gasteiger partial charge in [-0.25, -0.2) is 0 Å². The van der Waals surface area contributed by atoms with Crippen molar-refractivity contribution in [2.75, 3.05) is 4.90 Å². The van der Waals surface area contributed by atoms with Crippen LogP contribution < -0.4 is 4.90 Å². The molecule has 1 unspecified atom stereocenters. The van der Waals surface area contributed by atoms with Crippen molar-refractivity contribution in [2.24, 2.45) is 5.92 Å². The Bertz CT molecular complexity index is 659. The Hall–Kier alpha value is -2.16. The summed E-state index contributed by atoms with van der Waals surface area (Å²) >= 11 is 0. The van der Waals surface area contributed by atoms with Gasteiger partial charge in [0.2, 0.25) is 5.78 Å². The van der Waals surface area contributed by atoms with Gasteiger partial charge in [-0.3, -0.25) is 14.5 Å². The van der Waals surface area contributed by atoms with Crippen molar-refractivity contribution >= 4 is 17.4 Å². The summed E-state index contributed by atoms with van der Waals surface area (Å²) in [4.78, 5) is 25.9. The number of anilines is 1. The lowest BCUT2D eigenvalue weighted by Crippen LogP contribution is -2.26. The maximum atomic E-state index is 12.3. The Balaban J connectivity index is 1.99. The van der Waals surface area contributed by atoms with E-state index in [0.29, 0.717) is 6.42 Å².